The molecule has 0 aliphatic carbocycles. The molecule has 2 aromatic heterocycles. The molecular formula is C13H15N3O3. The molecule has 2 rings (SSSR count). The maximum absolute atomic E-state index is 11.9. The van der Waals surface area contributed by atoms with Gasteiger partial charge in [0.1, 0.15) is 0 Å². The smallest absolute Gasteiger partial charge is 0.306 e. The van der Waals surface area contributed by atoms with Gasteiger partial charge < -0.3 is 9.84 Å². The molecule has 0 amide bonds. The van der Waals surface area contributed by atoms with Crippen molar-refractivity contribution < 1.29 is 9.53 Å². The number of carbonyl (C=O) groups is 1. The normalized spacial score (nSPS) is 12.1. The second kappa shape index (κ2) is 5.51. The topological polar surface area (TPSA) is 87.8 Å². The zero-order valence-corrected chi connectivity index (χ0v) is 10.8. The number of H-pyrrole nitrogens is 2. The van der Waals surface area contributed by atoms with E-state index in [0.717, 1.165) is 5.56 Å². The number of esters is 1. The highest BCUT2D eigenvalue weighted by Crippen LogP contribution is 2.27. The number of aryl methyl sites for hydroxylation is 1. The molecule has 2 N–H and O–H groups in total. The van der Waals surface area contributed by atoms with E-state index in [2.05, 4.69) is 15.2 Å². The standard InChI is InChI=1S/C13H15N3O3/c1-8-12(13(18)16-15-8)10(6-11(17)19-2)9-4-3-5-14-7-9/h3-5,7,10H,6H2,1-2H3,(H2,15,16,18)/t10-/m0/s1. The lowest BCUT2D eigenvalue weighted by Crippen LogP contribution is -2.17. The van der Waals surface area contributed by atoms with E-state index in [-0.39, 0.29) is 23.9 Å². The fraction of sp³-hybridized carbons (Fsp3) is 0.308. The summed E-state index contributed by atoms with van der Waals surface area (Å²) in [5.41, 5.74) is 1.83. The van der Waals surface area contributed by atoms with E-state index in [1.807, 2.05) is 6.07 Å². The van der Waals surface area contributed by atoms with Gasteiger partial charge in [0.25, 0.3) is 5.56 Å². The lowest BCUT2D eigenvalue weighted by molar-refractivity contribution is -0.140. The van der Waals surface area contributed by atoms with Crippen LogP contribution in [0, 0.1) is 6.92 Å². The zero-order chi connectivity index (χ0) is 13.8. The van der Waals surface area contributed by atoms with Crippen molar-refractivity contribution in [3.8, 4) is 0 Å². The molecule has 2 aromatic rings. The lowest BCUT2D eigenvalue weighted by Gasteiger charge is -2.14. The second-order valence-corrected chi connectivity index (χ2v) is 4.24. The summed E-state index contributed by atoms with van der Waals surface area (Å²) in [5, 5.41) is 5.29. The molecule has 0 unspecified atom stereocenters. The number of aromatic nitrogens is 3. The number of rotatable bonds is 4. The van der Waals surface area contributed by atoms with Crippen LogP contribution in [0.15, 0.2) is 29.3 Å². The Morgan fingerprint density at radius 3 is 2.79 bits per heavy atom. The minimum atomic E-state index is -0.367. The van der Waals surface area contributed by atoms with Gasteiger partial charge in [0.15, 0.2) is 0 Å². The van der Waals surface area contributed by atoms with E-state index in [9.17, 15) is 9.59 Å². The molecule has 0 fully saturated rings. The number of methoxy groups -OCH3 is 1. The Labute approximate surface area is 109 Å². The third-order valence-electron chi connectivity index (χ3n) is 3.05. The van der Waals surface area contributed by atoms with E-state index in [1.165, 1.54) is 7.11 Å². The Bertz CT molecular complexity index is 616. The molecule has 0 bridgehead atoms. The number of pyridine rings is 1. The van der Waals surface area contributed by atoms with Gasteiger partial charge >= 0.3 is 5.97 Å². The number of nitrogens with zero attached hydrogens (tertiary/aromatic N) is 1. The van der Waals surface area contributed by atoms with Crippen LogP contribution in [0.25, 0.3) is 0 Å². The molecule has 1 atom stereocenters. The van der Waals surface area contributed by atoms with Crippen LogP contribution in [-0.4, -0.2) is 28.3 Å². The van der Waals surface area contributed by atoms with Crippen molar-refractivity contribution in [3.05, 3.63) is 51.7 Å². The zero-order valence-electron chi connectivity index (χ0n) is 10.8. The summed E-state index contributed by atoms with van der Waals surface area (Å²) in [6, 6.07) is 3.61. The summed E-state index contributed by atoms with van der Waals surface area (Å²) in [6.45, 7) is 1.79. The number of nitrogens with one attached hydrogen (secondary N) is 2. The molecule has 0 saturated heterocycles. The number of hydrogen-bond acceptors (Lipinski definition) is 4. The van der Waals surface area contributed by atoms with Gasteiger partial charge in [-0.2, -0.15) is 0 Å². The van der Waals surface area contributed by atoms with Gasteiger partial charge in [0, 0.05) is 29.6 Å². The van der Waals surface area contributed by atoms with Crippen molar-refractivity contribution in [1.29, 1.82) is 0 Å². The predicted molar refractivity (Wildman–Crippen MR) is 68.9 cm³/mol. The van der Waals surface area contributed by atoms with Gasteiger partial charge in [0.2, 0.25) is 0 Å². The largest absolute Gasteiger partial charge is 0.469 e. The fourth-order valence-electron chi connectivity index (χ4n) is 2.09. The molecule has 6 heteroatoms. The average Bonchev–Trinajstić information content (AvgIpc) is 2.76. The Hall–Kier alpha value is -2.37. The van der Waals surface area contributed by atoms with E-state index in [4.69, 9.17) is 4.74 Å². The Morgan fingerprint density at radius 1 is 1.47 bits per heavy atom. The molecule has 0 aromatic carbocycles. The molecule has 0 radical (unpaired) electrons. The SMILES string of the molecule is COC(=O)C[C@@H](c1cccnc1)c1c(C)[nH][nH]c1=O. The van der Waals surface area contributed by atoms with Crippen LogP contribution in [0.4, 0.5) is 0 Å². The molecule has 19 heavy (non-hydrogen) atoms. The van der Waals surface area contributed by atoms with Crippen LogP contribution in [-0.2, 0) is 9.53 Å². The Morgan fingerprint density at radius 2 is 2.26 bits per heavy atom. The molecular weight excluding hydrogens is 246 g/mol. The third-order valence-corrected chi connectivity index (χ3v) is 3.05. The third kappa shape index (κ3) is 2.73. The summed E-state index contributed by atoms with van der Waals surface area (Å²) in [6.07, 6.45) is 3.40. The molecule has 6 nitrogen and oxygen atoms in total. The number of hydrogen-bond donors (Lipinski definition) is 2. The molecule has 0 aliphatic rings. The van der Waals surface area contributed by atoms with Crippen LogP contribution in [0.1, 0.15) is 29.2 Å². The first-order valence-corrected chi connectivity index (χ1v) is 5.87. The first-order valence-electron chi connectivity index (χ1n) is 5.87. The molecule has 0 spiro atoms. The van der Waals surface area contributed by atoms with Crippen LogP contribution in [0.2, 0.25) is 0 Å². The predicted octanol–water partition coefficient (Wildman–Crippen LogP) is 1.10. The maximum atomic E-state index is 11.9. The number of carbonyl (C=O) groups excluding carboxylic acids is 1. The van der Waals surface area contributed by atoms with Gasteiger partial charge in [-0.1, -0.05) is 6.07 Å². The number of ether oxygens (including phenoxy) is 1. The first-order chi connectivity index (χ1) is 9.13. The highest BCUT2D eigenvalue weighted by molar-refractivity contribution is 5.71. The molecule has 0 aliphatic heterocycles. The molecule has 2 heterocycles. The summed E-state index contributed by atoms with van der Waals surface area (Å²) >= 11 is 0. The monoisotopic (exact) mass is 261 g/mol. The minimum Gasteiger partial charge on any atom is -0.469 e. The van der Waals surface area contributed by atoms with E-state index >= 15 is 0 Å². The van der Waals surface area contributed by atoms with Gasteiger partial charge in [-0.15, -0.1) is 0 Å². The summed E-state index contributed by atoms with van der Waals surface area (Å²) < 4.78 is 4.70. The second-order valence-electron chi connectivity index (χ2n) is 4.24. The van der Waals surface area contributed by atoms with Crippen molar-refractivity contribution in [2.75, 3.05) is 7.11 Å². The lowest BCUT2D eigenvalue weighted by atomic mass is 9.90. The van der Waals surface area contributed by atoms with Crippen LogP contribution in [0.5, 0.6) is 0 Å². The van der Waals surface area contributed by atoms with E-state index in [0.29, 0.717) is 11.3 Å². The highest BCUT2D eigenvalue weighted by Gasteiger charge is 2.24. The van der Waals surface area contributed by atoms with E-state index < -0.39 is 0 Å². The summed E-state index contributed by atoms with van der Waals surface area (Å²) in [5.74, 6) is -0.731. The minimum absolute atomic E-state index is 0.101. The average molecular weight is 261 g/mol. The first kappa shape index (κ1) is 13.1. The summed E-state index contributed by atoms with van der Waals surface area (Å²) in [7, 11) is 1.33. The maximum Gasteiger partial charge on any atom is 0.306 e. The van der Waals surface area contributed by atoms with Crippen molar-refractivity contribution in [2.24, 2.45) is 0 Å². The Kier molecular flexibility index (Phi) is 3.79. The Balaban J connectivity index is 2.46. The van der Waals surface area contributed by atoms with E-state index in [1.54, 1.807) is 25.4 Å². The van der Waals surface area contributed by atoms with Crippen LogP contribution in [0.3, 0.4) is 0 Å². The van der Waals surface area contributed by atoms with Gasteiger partial charge in [-0.3, -0.25) is 19.7 Å². The molecule has 0 saturated carbocycles. The highest BCUT2D eigenvalue weighted by atomic mass is 16.5. The van der Waals surface area contributed by atoms with Gasteiger partial charge in [-0.25, -0.2) is 0 Å². The van der Waals surface area contributed by atoms with Crippen molar-refractivity contribution in [1.82, 2.24) is 15.2 Å². The quantitative estimate of drug-likeness (QED) is 0.807. The number of aromatic amines is 2. The van der Waals surface area contributed by atoms with Crippen LogP contribution >= 0.6 is 0 Å². The fourth-order valence-corrected chi connectivity index (χ4v) is 2.09. The van der Waals surface area contributed by atoms with Crippen molar-refractivity contribution >= 4 is 5.97 Å². The van der Waals surface area contributed by atoms with Crippen molar-refractivity contribution in [2.45, 2.75) is 19.3 Å². The summed E-state index contributed by atoms with van der Waals surface area (Å²) in [4.78, 5) is 27.4. The van der Waals surface area contributed by atoms with Gasteiger partial charge in [-0.05, 0) is 18.6 Å². The van der Waals surface area contributed by atoms with Crippen LogP contribution < -0.4 is 5.56 Å². The molecule has 100 valence electrons. The van der Waals surface area contributed by atoms with Crippen molar-refractivity contribution in [3.63, 3.8) is 0 Å². The van der Waals surface area contributed by atoms with Gasteiger partial charge in [0.05, 0.1) is 13.5 Å².